The van der Waals surface area contributed by atoms with Crippen molar-refractivity contribution >= 4 is 11.9 Å². The second-order valence-electron chi connectivity index (χ2n) is 16.4. The summed E-state index contributed by atoms with van der Waals surface area (Å²) < 4.78 is 22.0. The molecule has 0 aromatic carbocycles. The average Bonchev–Trinajstić information content (AvgIpc) is 2.98. The van der Waals surface area contributed by atoms with Crippen LogP contribution in [0.5, 0.6) is 24.0 Å². The Morgan fingerprint density at radius 3 is 0.917 bits per heavy atom. The van der Waals surface area contributed by atoms with E-state index in [9.17, 15) is 0 Å². The van der Waals surface area contributed by atoms with Crippen LogP contribution in [-0.4, -0.2) is 105 Å². The van der Waals surface area contributed by atoms with Crippen molar-refractivity contribution in [2.45, 2.75) is 153 Å². The molecular formula is C34H58N10O4. The van der Waals surface area contributed by atoms with Gasteiger partial charge in [0, 0.05) is 46.3 Å². The van der Waals surface area contributed by atoms with Gasteiger partial charge in [0.1, 0.15) is 0 Å². The van der Waals surface area contributed by atoms with Gasteiger partial charge in [-0.2, -0.15) is 19.9 Å². The molecule has 1 aliphatic carbocycles. The highest BCUT2D eigenvalue weighted by atomic mass is 16.5. The Morgan fingerprint density at radius 2 is 0.688 bits per heavy atom. The number of nitrogens with zero attached hydrogens (tertiary/aromatic N) is 8. The highest BCUT2D eigenvalue weighted by molar-refractivity contribution is 5.40. The van der Waals surface area contributed by atoms with E-state index >= 15 is 0 Å². The van der Waals surface area contributed by atoms with Crippen LogP contribution in [-0.2, 0) is 0 Å². The van der Waals surface area contributed by atoms with E-state index in [1.807, 2.05) is 0 Å². The van der Waals surface area contributed by atoms with Gasteiger partial charge < -0.3 is 39.4 Å². The first-order chi connectivity index (χ1) is 22.5. The molecule has 1 saturated carbocycles. The largest absolute Gasteiger partial charge is 0.467 e. The Bertz CT molecular complexity index is 1230. The molecule has 0 bridgehead atoms. The lowest BCUT2D eigenvalue weighted by molar-refractivity contribution is 0.142. The van der Waals surface area contributed by atoms with Gasteiger partial charge in [0.05, 0.1) is 28.4 Å². The minimum atomic E-state index is -0.0642. The molecule has 0 radical (unpaired) electrons. The molecule has 2 aromatic rings. The lowest BCUT2D eigenvalue weighted by Crippen LogP contribution is -2.65. The third kappa shape index (κ3) is 8.30. The van der Waals surface area contributed by atoms with Crippen molar-refractivity contribution in [2.24, 2.45) is 0 Å². The summed E-state index contributed by atoms with van der Waals surface area (Å²) in [7, 11) is 6.31. The molecule has 14 heteroatoms. The first-order valence-corrected chi connectivity index (χ1v) is 17.3. The number of hydrogen-bond donors (Lipinski definition) is 2. The smallest absolute Gasteiger partial charge is 0.324 e. The Hall–Kier alpha value is -3.26. The van der Waals surface area contributed by atoms with E-state index in [4.69, 9.17) is 38.9 Å². The third-order valence-corrected chi connectivity index (χ3v) is 9.93. The van der Waals surface area contributed by atoms with Gasteiger partial charge in [-0.25, -0.2) is 0 Å². The van der Waals surface area contributed by atoms with E-state index in [-0.39, 0.29) is 70.4 Å². The quantitative estimate of drug-likeness (QED) is 0.370. The van der Waals surface area contributed by atoms with Gasteiger partial charge in [0.2, 0.25) is 11.9 Å². The van der Waals surface area contributed by atoms with Gasteiger partial charge in [-0.1, -0.05) is 0 Å². The number of anilines is 2. The highest BCUT2D eigenvalue weighted by Crippen LogP contribution is 2.41. The van der Waals surface area contributed by atoms with Crippen LogP contribution >= 0.6 is 0 Å². The van der Waals surface area contributed by atoms with Crippen molar-refractivity contribution in [3.05, 3.63) is 0 Å². The van der Waals surface area contributed by atoms with Crippen LogP contribution in [0, 0.1) is 0 Å². The molecule has 3 fully saturated rings. The molecule has 0 unspecified atom stereocenters. The first kappa shape index (κ1) is 36.0. The lowest BCUT2D eigenvalue weighted by atomic mass is 9.76. The molecule has 3 aliphatic rings. The Balaban J connectivity index is 1.50. The molecular weight excluding hydrogens is 612 g/mol. The number of rotatable bonds is 10. The molecule has 14 nitrogen and oxygen atoms in total. The zero-order valence-corrected chi connectivity index (χ0v) is 31.2. The molecule has 0 amide bonds. The number of nitrogens with one attached hydrogen (secondary N) is 2. The minimum absolute atomic E-state index is 0.0642. The van der Waals surface area contributed by atoms with Crippen molar-refractivity contribution in [2.75, 3.05) is 38.2 Å². The summed E-state index contributed by atoms with van der Waals surface area (Å²) in [6.45, 7) is 18.2. The lowest BCUT2D eigenvalue weighted by Gasteiger charge is -2.53. The van der Waals surface area contributed by atoms with Crippen molar-refractivity contribution in [1.29, 1.82) is 0 Å². The van der Waals surface area contributed by atoms with Crippen LogP contribution in [0.25, 0.3) is 0 Å². The van der Waals surface area contributed by atoms with Crippen molar-refractivity contribution < 1.29 is 18.9 Å². The van der Waals surface area contributed by atoms with Gasteiger partial charge in [-0.05, 0) is 107 Å². The van der Waals surface area contributed by atoms with Crippen molar-refractivity contribution in [1.82, 2.24) is 40.5 Å². The fourth-order valence-electron chi connectivity index (χ4n) is 9.05. The summed E-state index contributed by atoms with van der Waals surface area (Å²) in [4.78, 5) is 32.7. The van der Waals surface area contributed by atoms with Crippen LogP contribution in [0.2, 0.25) is 0 Å². The molecule has 48 heavy (non-hydrogen) atoms. The van der Waals surface area contributed by atoms with E-state index in [2.05, 4.69) is 85.8 Å². The number of aromatic nitrogens is 6. The van der Waals surface area contributed by atoms with Gasteiger partial charge in [-0.15, -0.1) is 9.97 Å². The van der Waals surface area contributed by atoms with E-state index in [1.165, 1.54) is 0 Å². The van der Waals surface area contributed by atoms with E-state index in [1.54, 1.807) is 28.4 Å². The van der Waals surface area contributed by atoms with Crippen LogP contribution in [0.1, 0.15) is 107 Å². The summed E-state index contributed by atoms with van der Waals surface area (Å²) >= 11 is 0. The number of ether oxygens (including phenoxy) is 4. The number of methoxy groups -OCH3 is 4. The fraction of sp³-hybridized carbons (Fsp3) is 0.824. The molecule has 2 aliphatic heterocycles. The molecule has 5 rings (SSSR count). The number of hydrogen-bond acceptors (Lipinski definition) is 14. The standard InChI is InChI=1S/C34H58N10O4/c1-31(2)17-23(18-32(3,4)41-31)43(25-35-27(45-9)39-28(36-25)46-10)21-13-15-22(16-14-21)44(24-19-33(5,6)42-34(7,8)20-24)26-37-29(47-11)40-30(38-26)48-12/h21-24,41-42H,13-20H2,1-12H3. The average molecular weight is 671 g/mol. The maximum atomic E-state index is 5.51. The summed E-state index contributed by atoms with van der Waals surface area (Å²) in [5.41, 5.74) is -0.257. The summed E-state index contributed by atoms with van der Waals surface area (Å²) in [5, 5.41) is 7.69. The van der Waals surface area contributed by atoms with Crippen molar-refractivity contribution in [3.63, 3.8) is 0 Å². The second-order valence-corrected chi connectivity index (χ2v) is 16.4. The molecule has 268 valence electrons. The predicted molar refractivity (Wildman–Crippen MR) is 185 cm³/mol. The van der Waals surface area contributed by atoms with Gasteiger partial charge in [0.25, 0.3) is 0 Å². The van der Waals surface area contributed by atoms with Crippen molar-refractivity contribution in [3.8, 4) is 24.0 Å². The van der Waals surface area contributed by atoms with Gasteiger partial charge >= 0.3 is 24.0 Å². The normalized spacial score (nSPS) is 25.2. The predicted octanol–water partition coefficient (Wildman–Crippen LogP) is 4.33. The zero-order valence-electron chi connectivity index (χ0n) is 31.2. The maximum Gasteiger partial charge on any atom is 0.324 e. The molecule has 2 aromatic heterocycles. The minimum Gasteiger partial charge on any atom is -0.467 e. The topological polar surface area (TPSA) is 145 Å². The Labute approximate surface area is 286 Å². The van der Waals surface area contributed by atoms with Crippen LogP contribution in [0.3, 0.4) is 0 Å². The van der Waals surface area contributed by atoms with E-state index in [0.717, 1.165) is 51.4 Å². The van der Waals surface area contributed by atoms with Gasteiger partial charge in [-0.3, -0.25) is 0 Å². The van der Waals surface area contributed by atoms with Crippen LogP contribution in [0.4, 0.5) is 11.9 Å². The Kier molecular flexibility index (Phi) is 10.2. The zero-order chi connectivity index (χ0) is 35.1. The number of piperidine rings is 2. The fourth-order valence-corrected chi connectivity index (χ4v) is 9.05. The molecule has 4 heterocycles. The van der Waals surface area contributed by atoms with E-state index in [0.29, 0.717) is 11.9 Å². The summed E-state index contributed by atoms with van der Waals surface area (Å²) in [5.74, 6) is 1.21. The van der Waals surface area contributed by atoms with Crippen LogP contribution in [0.15, 0.2) is 0 Å². The molecule has 0 spiro atoms. The molecule has 2 N–H and O–H groups in total. The van der Waals surface area contributed by atoms with Crippen LogP contribution < -0.4 is 39.4 Å². The first-order valence-electron chi connectivity index (χ1n) is 17.3. The highest BCUT2D eigenvalue weighted by Gasteiger charge is 2.46. The monoisotopic (exact) mass is 670 g/mol. The SMILES string of the molecule is COc1nc(OC)nc(N(C2CCC(N(c3nc(OC)nc(OC)n3)C3CC(C)(C)NC(C)(C)C3)CC2)C2CC(C)(C)NC(C)(C)C2)n1. The van der Waals surface area contributed by atoms with E-state index < -0.39 is 0 Å². The molecule has 0 atom stereocenters. The molecule has 2 saturated heterocycles. The maximum absolute atomic E-state index is 5.51. The Morgan fingerprint density at radius 1 is 0.438 bits per heavy atom. The second kappa shape index (κ2) is 13.6. The summed E-state index contributed by atoms with van der Waals surface area (Å²) in [6.07, 6.45) is 7.56. The third-order valence-electron chi connectivity index (χ3n) is 9.93. The summed E-state index contributed by atoms with van der Waals surface area (Å²) in [6, 6.07) is 1.83. The van der Waals surface area contributed by atoms with Gasteiger partial charge in [0.15, 0.2) is 0 Å².